The van der Waals surface area contributed by atoms with E-state index < -0.39 is 22.3 Å². The van der Waals surface area contributed by atoms with Crippen LogP contribution in [-0.2, 0) is 6.54 Å². The second-order valence-electron chi connectivity index (χ2n) is 4.53. The third-order valence-corrected chi connectivity index (χ3v) is 2.80. The molecule has 21 heavy (non-hydrogen) atoms. The van der Waals surface area contributed by atoms with Gasteiger partial charge in [0.2, 0.25) is 5.82 Å². The second kappa shape index (κ2) is 6.12. The highest BCUT2D eigenvalue weighted by molar-refractivity contribution is 5.94. The molecule has 7 nitrogen and oxygen atoms in total. The second-order valence-corrected chi connectivity index (χ2v) is 4.53. The van der Waals surface area contributed by atoms with Gasteiger partial charge in [-0.25, -0.2) is 0 Å². The number of benzene rings is 1. The van der Waals surface area contributed by atoms with Crippen molar-refractivity contribution in [1.82, 2.24) is 15.1 Å². The van der Waals surface area contributed by atoms with Gasteiger partial charge in [0.15, 0.2) is 0 Å². The first-order chi connectivity index (χ1) is 9.97. The molecule has 0 saturated carbocycles. The van der Waals surface area contributed by atoms with E-state index in [9.17, 15) is 19.3 Å². The minimum Gasteiger partial charge on any atom is -0.348 e. The molecule has 0 aliphatic carbocycles. The van der Waals surface area contributed by atoms with E-state index in [0.29, 0.717) is 6.54 Å². The fourth-order valence-electron chi connectivity index (χ4n) is 1.84. The van der Waals surface area contributed by atoms with Crippen LogP contribution in [0.1, 0.15) is 17.3 Å². The molecule has 1 aromatic heterocycles. The molecule has 1 aromatic carbocycles. The molecule has 110 valence electrons. The molecule has 0 fully saturated rings. The summed E-state index contributed by atoms with van der Waals surface area (Å²) in [6, 6.07) is 4.59. The molecule has 0 radical (unpaired) electrons. The minimum atomic E-state index is -1.03. The van der Waals surface area contributed by atoms with Crippen LogP contribution in [0.5, 0.6) is 0 Å². The van der Waals surface area contributed by atoms with Gasteiger partial charge in [-0.15, -0.1) is 0 Å². The summed E-state index contributed by atoms with van der Waals surface area (Å²) >= 11 is 0. The van der Waals surface area contributed by atoms with Gasteiger partial charge >= 0.3 is 5.69 Å². The third kappa shape index (κ3) is 3.62. The van der Waals surface area contributed by atoms with Gasteiger partial charge in [0, 0.05) is 30.1 Å². The van der Waals surface area contributed by atoms with Gasteiger partial charge in [-0.05, 0) is 25.1 Å². The first-order valence-corrected chi connectivity index (χ1v) is 6.19. The van der Waals surface area contributed by atoms with Crippen LogP contribution in [0.25, 0.3) is 0 Å². The summed E-state index contributed by atoms with van der Waals surface area (Å²) in [5.74, 6) is -1.53. The number of carbonyl (C=O) groups excluding carboxylic acids is 1. The Bertz CT molecular complexity index is 657. The highest BCUT2D eigenvalue weighted by atomic mass is 19.1. The Kier molecular flexibility index (Phi) is 4.27. The topological polar surface area (TPSA) is 90.1 Å². The highest BCUT2D eigenvalue weighted by Gasteiger charge is 2.17. The summed E-state index contributed by atoms with van der Waals surface area (Å²) in [7, 11) is 0. The molecule has 0 aliphatic rings. The molecule has 0 saturated heterocycles. The summed E-state index contributed by atoms with van der Waals surface area (Å²) < 4.78 is 15.1. The number of halogens is 1. The Hall–Kier alpha value is -2.77. The molecule has 2 rings (SSSR count). The van der Waals surface area contributed by atoms with Crippen molar-refractivity contribution in [2.24, 2.45) is 0 Å². The minimum absolute atomic E-state index is 0.0328. The summed E-state index contributed by atoms with van der Waals surface area (Å²) in [6.07, 6.45) is 3.38. The fourth-order valence-corrected chi connectivity index (χ4v) is 1.84. The lowest BCUT2D eigenvalue weighted by molar-refractivity contribution is -0.387. The zero-order valence-electron chi connectivity index (χ0n) is 11.2. The van der Waals surface area contributed by atoms with Crippen LogP contribution in [0.15, 0.2) is 36.7 Å². The summed E-state index contributed by atoms with van der Waals surface area (Å²) in [5, 5.41) is 17.2. The van der Waals surface area contributed by atoms with E-state index in [0.717, 1.165) is 12.1 Å². The quantitative estimate of drug-likeness (QED) is 0.671. The van der Waals surface area contributed by atoms with Crippen LogP contribution in [0.4, 0.5) is 10.1 Å². The fraction of sp³-hybridized carbons (Fsp3) is 0.231. The number of carbonyl (C=O) groups is 1. The number of hydrogen-bond acceptors (Lipinski definition) is 4. The van der Waals surface area contributed by atoms with Crippen molar-refractivity contribution in [2.45, 2.75) is 19.5 Å². The standard InChI is InChI=1S/C13H13FN4O3/c1-9(8-17-6-2-5-15-17)16-13(19)10-3-4-12(18(20)21)11(14)7-10/h2-7,9H,8H2,1H3,(H,16,19). The van der Waals surface area contributed by atoms with Gasteiger partial charge in [-0.3, -0.25) is 19.6 Å². The molecule has 0 bridgehead atoms. The first-order valence-electron chi connectivity index (χ1n) is 6.19. The van der Waals surface area contributed by atoms with Crippen LogP contribution >= 0.6 is 0 Å². The van der Waals surface area contributed by atoms with Gasteiger partial charge in [-0.1, -0.05) is 0 Å². The van der Waals surface area contributed by atoms with Crippen LogP contribution < -0.4 is 5.32 Å². The lowest BCUT2D eigenvalue weighted by atomic mass is 10.1. The molecule has 0 spiro atoms. The Morgan fingerprint density at radius 2 is 2.33 bits per heavy atom. The predicted molar refractivity (Wildman–Crippen MR) is 72.2 cm³/mol. The lowest BCUT2D eigenvalue weighted by Gasteiger charge is -2.14. The zero-order chi connectivity index (χ0) is 15.4. The monoisotopic (exact) mass is 292 g/mol. The van der Waals surface area contributed by atoms with Crippen molar-refractivity contribution in [3.63, 3.8) is 0 Å². The average molecular weight is 292 g/mol. The van der Waals surface area contributed by atoms with E-state index >= 15 is 0 Å². The number of nitrogens with zero attached hydrogens (tertiary/aromatic N) is 3. The lowest BCUT2D eigenvalue weighted by Crippen LogP contribution is -2.35. The van der Waals surface area contributed by atoms with Gasteiger partial charge in [0.25, 0.3) is 5.91 Å². The molecular formula is C13H13FN4O3. The summed E-state index contributed by atoms with van der Waals surface area (Å²) in [6.45, 7) is 2.25. The molecular weight excluding hydrogens is 279 g/mol. The van der Waals surface area contributed by atoms with E-state index in [1.54, 1.807) is 30.1 Å². The molecule has 0 aliphatic heterocycles. The van der Waals surface area contributed by atoms with Gasteiger partial charge in [0.1, 0.15) is 0 Å². The average Bonchev–Trinajstić information content (AvgIpc) is 2.90. The van der Waals surface area contributed by atoms with Crippen LogP contribution in [0.3, 0.4) is 0 Å². The summed E-state index contributed by atoms with van der Waals surface area (Å²) in [4.78, 5) is 21.6. The number of rotatable bonds is 5. The molecule has 2 aromatic rings. The van der Waals surface area contributed by atoms with Gasteiger partial charge in [-0.2, -0.15) is 9.49 Å². The highest BCUT2D eigenvalue weighted by Crippen LogP contribution is 2.17. The number of hydrogen-bond donors (Lipinski definition) is 1. The first kappa shape index (κ1) is 14.6. The van der Waals surface area contributed by atoms with Crippen molar-refractivity contribution in [1.29, 1.82) is 0 Å². The normalized spacial score (nSPS) is 11.9. The van der Waals surface area contributed by atoms with E-state index in [2.05, 4.69) is 10.4 Å². The largest absolute Gasteiger partial charge is 0.348 e. The number of amides is 1. The SMILES string of the molecule is CC(Cn1cccn1)NC(=O)c1ccc([N+](=O)[O-])c(F)c1. The maximum absolute atomic E-state index is 13.5. The van der Waals surface area contributed by atoms with E-state index in [4.69, 9.17) is 0 Å². The zero-order valence-corrected chi connectivity index (χ0v) is 11.2. The molecule has 8 heteroatoms. The number of nitro benzene ring substituents is 1. The number of nitrogens with one attached hydrogen (secondary N) is 1. The van der Waals surface area contributed by atoms with Crippen molar-refractivity contribution >= 4 is 11.6 Å². The molecule has 1 amide bonds. The Labute approximate surface area is 119 Å². The van der Waals surface area contributed by atoms with Crippen molar-refractivity contribution in [3.05, 3.63) is 58.2 Å². The maximum atomic E-state index is 13.5. The van der Waals surface area contributed by atoms with Crippen LogP contribution in [0.2, 0.25) is 0 Å². The Morgan fingerprint density at radius 1 is 1.57 bits per heavy atom. The molecule has 1 unspecified atom stereocenters. The summed E-state index contributed by atoms with van der Waals surface area (Å²) in [5.41, 5.74) is -0.624. The van der Waals surface area contributed by atoms with Crippen LogP contribution in [0, 0.1) is 15.9 Å². The predicted octanol–water partition coefficient (Wildman–Crippen LogP) is 1.75. The molecule has 1 heterocycles. The van der Waals surface area contributed by atoms with Gasteiger partial charge < -0.3 is 5.32 Å². The van der Waals surface area contributed by atoms with E-state index in [1.165, 1.54) is 6.07 Å². The third-order valence-electron chi connectivity index (χ3n) is 2.80. The molecule has 1 N–H and O–H groups in total. The Morgan fingerprint density at radius 3 is 2.90 bits per heavy atom. The maximum Gasteiger partial charge on any atom is 0.304 e. The van der Waals surface area contributed by atoms with Crippen molar-refractivity contribution < 1.29 is 14.1 Å². The Balaban J connectivity index is 2.03. The van der Waals surface area contributed by atoms with E-state index in [-0.39, 0.29) is 11.6 Å². The number of nitro groups is 1. The van der Waals surface area contributed by atoms with Gasteiger partial charge in [0.05, 0.1) is 11.5 Å². The van der Waals surface area contributed by atoms with Crippen LogP contribution in [-0.4, -0.2) is 26.7 Å². The molecule has 1 atom stereocenters. The smallest absolute Gasteiger partial charge is 0.304 e. The number of aromatic nitrogens is 2. The van der Waals surface area contributed by atoms with Crippen molar-refractivity contribution in [2.75, 3.05) is 0 Å². The van der Waals surface area contributed by atoms with Crippen molar-refractivity contribution in [3.8, 4) is 0 Å². The van der Waals surface area contributed by atoms with E-state index in [1.807, 2.05) is 0 Å².